The van der Waals surface area contributed by atoms with Crippen molar-refractivity contribution in [3.63, 3.8) is 0 Å². The van der Waals surface area contributed by atoms with Crippen molar-refractivity contribution in [2.24, 2.45) is 0 Å². The first-order valence-corrected chi connectivity index (χ1v) is 11.3. The van der Waals surface area contributed by atoms with Gasteiger partial charge >= 0.3 is 0 Å². The SMILES string of the molecule is COc1ccc(C(=O)CSc2nnc(N)n2C(=O)c2ccc3c(c2)C(=O)N(C(C)C)C3=O)cc1. The molecule has 0 fully saturated rings. The number of fused-ring (bicyclic) bond motifs is 1. The Morgan fingerprint density at radius 2 is 1.65 bits per heavy atom. The van der Waals surface area contributed by atoms with E-state index in [0.29, 0.717) is 11.3 Å². The van der Waals surface area contributed by atoms with E-state index >= 15 is 0 Å². The minimum atomic E-state index is -0.576. The molecule has 3 aromatic rings. The van der Waals surface area contributed by atoms with Crippen LogP contribution in [-0.4, -0.2) is 62.1 Å². The Bertz CT molecular complexity index is 1320. The Morgan fingerprint density at radius 1 is 1.00 bits per heavy atom. The van der Waals surface area contributed by atoms with Crippen LogP contribution in [0, 0.1) is 0 Å². The summed E-state index contributed by atoms with van der Waals surface area (Å²) in [5, 5.41) is 7.82. The van der Waals surface area contributed by atoms with Crippen LogP contribution >= 0.6 is 11.8 Å². The van der Waals surface area contributed by atoms with Gasteiger partial charge in [0, 0.05) is 17.2 Å². The average Bonchev–Trinajstić information content (AvgIpc) is 3.33. The summed E-state index contributed by atoms with van der Waals surface area (Å²) in [7, 11) is 1.54. The molecule has 1 aliphatic heterocycles. The number of nitrogen functional groups attached to an aromatic ring is 1. The number of carbonyl (C=O) groups is 4. The topological polar surface area (TPSA) is 137 Å². The molecule has 0 aliphatic carbocycles. The van der Waals surface area contributed by atoms with Gasteiger partial charge in [-0.25, -0.2) is 4.57 Å². The third-order valence-corrected chi connectivity index (χ3v) is 6.22. The zero-order chi connectivity index (χ0) is 24.6. The Kier molecular flexibility index (Phi) is 6.20. The first-order valence-electron chi connectivity index (χ1n) is 10.3. The maximum absolute atomic E-state index is 13.2. The molecule has 0 radical (unpaired) electrons. The average molecular weight is 480 g/mol. The number of rotatable bonds is 7. The van der Waals surface area contributed by atoms with Crippen molar-refractivity contribution in [3.8, 4) is 5.75 Å². The summed E-state index contributed by atoms with van der Waals surface area (Å²) in [4.78, 5) is 52.1. The van der Waals surface area contributed by atoms with Crippen LogP contribution in [0.1, 0.15) is 55.3 Å². The number of methoxy groups -OCH3 is 1. The number of carbonyl (C=O) groups excluding carboxylic acids is 4. The predicted octanol–water partition coefficient (Wildman–Crippen LogP) is 2.54. The highest BCUT2D eigenvalue weighted by atomic mass is 32.2. The Balaban J connectivity index is 1.56. The van der Waals surface area contributed by atoms with Crippen LogP contribution in [0.5, 0.6) is 5.75 Å². The number of thioether (sulfide) groups is 1. The number of ether oxygens (including phenoxy) is 1. The summed E-state index contributed by atoms with van der Waals surface area (Å²) in [6.07, 6.45) is 0. The zero-order valence-electron chi connectivity index (χ0n) is 18.6. The molecule has 11 heteroatoms. The van der Waals surface area contributed by atoms with Crippen LogP contribution in [0.25, 0.3) is 0 Å². The molecule has 34 heavy (non-hydrogen) atoms. The predicted molar refractivity (Wildman–Crippen MR) is 124 cm³/mol. The maximum atomic E-state index is 13.2. The third-order valence-electron chi connectivity index (χ3n) is 5.29. The molecule has 0 bridgehead atoms. The molecule has 1 aliphatic rings. The van der Waals surface area contributed by atoms with Crippen molar-refractivity contribution in [3.05, 3.63) is 64.7 Å². The largest absolute Gasteiger partial charge is 0.497 e. The fourth-order valence-corrected chi connectivity index (χ4v) is 4.38. The van der Waals surface area contributed by atoms with E-state index in [-0.39, 0.29) is 45.4 Å². The van der Waals surface area contributed by atoms with Crippen molar-refractivity contribution in [2.45, 2.75) is 25.0 Å². The summed E-state index contributed by atoms with van der Waals surface area (Å²) in [5.41, 5.74) is 6.90. The van der Waals surface area contributed by atoms with E-state index in [1.165, 1.54) is 25.3 Å². The summed E-state index contributed by atoms with van der Waals surface area (Å²) >= 11 is 1.01. The van der Waals surface area contributed by atoms with E-state index in [4.69, 9.17) is 10.5 Å². The van der Waals surface area contributed by atoms with Gasteiger partial charge in [0.1, 0.15) is 5.75 Å². The number of aromatic nitrogens is 3. The minimum Gasteiger partial charge on any atom is -0.497 e. The fourth-order valence-electron chi connectivity index (χ4n) is 3.55. The minimum absolute atomic E-state index is 0.00172. The molecule has 10 nitrogen and oxygen atoms in total. The second-order valence-corrected chi connectivity index (χ2v) is 8.70. The molecule has 2 amide bonds. The van der Waals surface area contributed by atoms with Gasteiger partial charge in [0.05, 0.1) is 24.0 Å². The van der Waals surface area contributed by atoms with Crippen molar-refractivity contribution in [1.82, 2.24) is 19.7 Å². The summed E-state index contributed by atoms with van der Waals surface area (Å²) < 4.78 is 6.17. The van der Waals surface area contributed by atoms with Crippen molar-refractivity contribution in [1.29, 1.82) is 0 Å². The molecule has 0 atom stereocenters. The van der Waals surface area contributed by atoms with Crippen molar-refractivity contribution >= 4 is 41.2 Å². The van der Waals surface area contributed by atoms with Crippen LogP contribution in [0.3, 0.4) is 0 Å². The first-order chi connectivity index (χ1) is 16.2. The highest BCUT2D eigenvalue weighted by Crippen LogP contribution is 2.27. The summed E-state index contributed by atoms with van der Waals surface area (Å²) in [6.45, 7) is 3.48. The maximum Gasteiger partial charge on any atom is 0.266 e. The number of amides is 2. The van der Waals surface area contributed by atoms with E-state index in [0.717, 1.165) is 21.2 Å². The second-order valence-electron chi connectivity index (χ2n) is 7.76. The highest BCUT2D eigenvalue weighted by molar-refractivity contribution is 7.99. The standard InChI is InChI=1S/C23H21N5O5S/c1-12(2)27-20(31)16-9-6-14(10-17(16)21(27)32)19(30)28-22(24)25-26-23(28)34-11-18(29)13-4-7-15(33-3)8-5-13/h4-10,12H,11H2,1-3H3,(H2,24,25). The first kappa shape index (κ1) is 23.2. The molecular formula is C23H21N5O5S. The van der Waals surface area contributed by atoms with E-state index < -0.39 is 17.7 Å². The number of hydrogen-bond acceptors (Lipinski definition) is 9. The number of anilines is 1. The van der Waals surface area contributed by atoms with Gasteiger partial charge in [-0.15, -0.1) is 10.2 Å². The lowest BCUT2D eigenvalue weighted by Crippen LogP contribution is -2.35. The smallest absolute Gasteiger partial charge is 0.266 e. The van der Waals surface area contributed by atoms with Crippen LogP contribution < -0.4 is 10.5 Å². The van der Waals surface area contributed by atoms with Crippen LogP contribution in [0.2, 0.25) is 0 Å². The Labute approximate surface area is 199 Å². The lowest BCUT2D eigenvalue weighted by molar-refractivity contribution is 0.0608. The van der Waals surface area contributed by atoms with E-state index in [9.17, 15) is 19.2 Å². The molecule has 0 saturated heterocycles. The lowest BCUT2D eigenvalue weighted by atomic mass is 10.1. The van der Waals surface area contributed by atoms with Crippen LogP contribution in [0.4, 0.5) is 5.95 Å². The van der Waals surface area contributed by atoms with Gasteiger partial charge in [-0.3, -0.25) is 24.1 Å². The van der Waals surface area contributed by atoms with E-state index in [1.54, 1.807) is 38.1 Å². The molecule has 2 N–H and O–H groups in total. The monoisotopic (exact) mass is 479 g/mol. The molecule has 0 spiro atoms. The Hall–Kier alpha value is -3.99. The molecule has 4 rings (SSSR count). The van der Waals surface area contributed by atoms with Crippen molar-refractivity contribution in [2.75, 3.05) is 18.6 Å². The van der Waals surface area contributed by atoms with Gasteiger partial charge in [0.15, 0.2) is 10.9 Å². The molecule has 2 aromatic carbocycles. The quantitative estimate of drug-likeness (QED) is 0.308. The zero-order valence-corrected chi connectivity index (χ0v) is 19.5. The lowest BCUT2D eigenvalue weighted by Gasteiger charge is -2.17. The van der Waals surface area contributed by atoms with E-state index in [2.05, 4.69) is 10.2 Å². The molecule has 174 valence electrons. The summed E-state index contributed by atoms with van der Waals surface area (Å²) in [5.74, 6) is -1.13. The van der Waals surface area contributed by atoms with Gasteiger partial charge < -0.3 is 10.5 Å². The fraction of sp³-hybridized carbons (Fsp3) is 0.217. The van der Waals surface area contributed by atoms with Crippen molar-refractivity contribution < 1.29 is 23.9 Å². The number of ketones is 1. The molecule has 2 heterocycles. The van der Waals surface area contributed by atoms with Gasteiger partial charge in [-0.05, 0) is 56.3 Å². The molecule has 1 aromatic heterocycles. The van der Waals surface area contributed by atoms with Gasteiger partial charge in [0.25, 0.3) is 17.7 Å². The number of hydrogen-bond donors (Lipinski definition) is 1. The van der Waals surface area contributed by atoms with Crippen LogP contribution in [-0.2, 0) is 0 Å². The second kappa shape index (κ2) is 9.10. The van der Waals surface area contributed by atoms with Gasteiger partial charge in [0.2, 0.25) is 5.95 Å². The summed E-state index contributed by atoms with van der Waals surface area (Å²) in [6, 6.07) is 10.6. The number of Topliss-reactive ketones (excluding diaryl/α,β-unsaturated/α-hetero) is 1. The number of imide groups is 1. The third kappa shape index (κ3) is 4.05. The van der Waals surface area contributed by atoms with Gasteiger partial charge in [-0.1, -0.05) is 11.8 Å². The molecular weight excluding hydrogens is 458 g/mol. The number of benzene rings is 2. The molecule has 0 saturated carbocycles. The van der Waals surface area contributed by atoms with Gasteiger partial charge in [-0.2, -0.15) is 0 Å². The molecule has 0 unspecified atom stereocenters. The Morgan fingerprint density at radius 3 is 2.29 bits per heavy atom. The van der Waals surface area contributed by atoms with Crippen LogP contribution in [0.15, 0.2) is 47.6 Å². The number of nitrogens with zero attached hydrogens (tertiary/aromatic N) is 4. The number of nitrogens with two attached hydrogens (primary N) is 1. The van der Waals surface area contributed by atoms with E-state index in [1.807, 2.05) is 0 Å². The normalized spacial score (nSPS) is 12.9. The highest BCUT2D eigenvalue weighted by Gasteiger charge is 2.37.